The highest BCUT2D eigenvalue weighted by Crippen LogP contribution is 2.20. The van der Waals surface area contributed by atoms with E-state index in [4.69, 9.17) is 0 Å². The number of para-hydroxylation sites is 1. The van der Waals surface area contributed by atoms with Gasteiger partial charge in [-0.25, -0.2) is 8.42 Å². The molecular weight excluding hydrogens is 372 g/mol. The van der Waals surface area contributed by atoms with Gasteiger partial charge in [-0.15, -0.1) is 0 Å². The van der Waals surface area contributed by atoms with Gasteiger partial charge in [-0.05, 0) is 42.3 Å². The van der Waals surface area contributed by atoms with Gasteiger partial charge in [0.25, 0.3) is 5.91 Å². The standard InChI is InChI=1S/C22H22N2O3S/c1-17-9-6-7-14-21(17)23-22(25)19-12-8-13-20(15-19)28(26,27)24(2)16-18-10-4-3-5-11-18/h3-15H,16H2,1-2H3,(H,23,25). The fourth-order valence-electron chi connectivity index (χ4n) is 2.81. The second kappa shape index (κ2) is 8.37. The summed E-state index contributed by atoms with van der Waals surface area (Å²) in [5.41, 5.74) is 2.81. The van der Waals surface area contributed by atoms with Crippen molar-refractivity contribution in [1.29, 1.82) is 0 Å². The Balaban J connectivity index is 1.81. The second-order valence-corrected chi connectivity index (χ2v) is 8.59. The molecule has 28 heavy (non-hydrogen) atoms. The molecule has 0 aliphatic carbocycles. The normalized spacial score (nSPS) is 11.4. The van der Waals surface area contributed by atoms with Crippen LogP contribution in [0.5, 0.6) is 0 Å². The van der Waals surface area contributed by atoms with E-state index in [1.165, 1.54) is 23.5 Å². The van der Waals surface area contributed by atoms with Crippen LogP contribution in [0, 0.1) is 6.92 Å². The number of hydrogen-bond donors (Lipinski definition) is 1. The SMILES string of the molecule is Cc1ccccc1NC(=O)c1cccc(S(=O)(=O)N(C)Cc2ccccc2)c1. The molecule has 5 nitrogen and oxygen atoms in total. The molecule has 6 heteroatoms. The third-order valence-corrected chi connectivity index (χ3v) is 6.25. The zero-order chi connectivity index (χ0) is 20.1. The minimum absolute atomic E-state index is 0.0864. The average Bonchev–Trinajstić information content (AvgIpc) is 2.70. The molecule has 1 N–H and O–H groups in total. The van der Waals surface area contributed by atoms with E-state index in [-0.39, 0.29) is 22.9 Å². The number of anilines is 1. The third-order valence-electron chi connectivity index (χ3n) is 4.45. The van der Waals surface area contributed by atoms with Crippen molar-refractivity contribution in [1.82, 2.24) is 4.31 Å². The zero-order valence-electron chi connectivity index (χ0n) is 15.8. The number of hydrogen-bond acceptors (Lipinski definition) is 3. The molecule has 0 saturated carbocycles. The van der Waals surface area contributed by atoms with Gasteiger partial charge in [-0.3, -0.25) is 4.79 Å². The molecule has 0 bridgehead atoms. The van der Waals surface area contributed by atoms with Crippen LogP contribution in [0.3, 0.4) is 0 Å². The quantitative estimate of drug-likeness (QED) is 0.685. The van der Waals surface area contributed by atoms with E-state index in [0.717, 1.165) is 11.1 Å². The van der Waals surface area contributed by atoms with Crippen molar-refractivity contribution >= 4 is 21.6 Å². The Morgan fingerprint density at radius 2 is 1.61 bits per heavy atom. The van der Waals surface area contributed by atoms with E-state index in [9.17, 15) is 13.2 Å². The topological polar surface area (TPSA) is 66.5 Å². The van der Waals surface area contributed by atoms with Gasteiger partial charge in [0.1, 0.15) is 0 Å². The predicted molar refractivity (Wildman–Crippen MR) is 111 cm³/mol. The molecule has 1 amide bonds. The summed E-state index contributed by atoms with van der Waals surface area (Å²) >= 11 is 0. The second-order valence-electron chi connectivity index (χ2n) is 6.54. The summed E-state index contributed by atoms with van der Waals surface area (Å²) < 4.78 is 27.1. The molecule has 0 aromatic heterocycles. The minimum atomic E-state index is -3.72. The van der Waals surface area contributed by atoms with Crippen LogP contribution in [-0.2, 0) is 16.6 Å². The van der Waals surface area contributed by atoms with Crippen LogP contribution >= 0.6 is 0 Å². The fraction of sp³-hybridized carbons (Fsp3) is 0.136. The Morgan fingerprint density at radius 1 is 0.929 bits per heavy atom. The maximum atomic E-state index is 12.9. The lowest BCUT2D eigenvalue weighted by Gasteiger charge is -2.18. The van der Waals surface area contributed by atoms with Crippen LogP contribution in [0.2, 0.25) is 0 Å². The first-order chi connectivity index (χ1) is 13.4. The van der Waals surface area contributed by atoms with Gasteiger partial charge in [0.2, 0.25) is 10.0 Å². The maximum absolute atomic E-state index is 12.9. The molecule has 144 valence electrons. The molecule has 3 rings (SSSR count). The van der Waals surface area contributed by atoms with Gasteiger partial charge in [0.05, 0.1) is 4.90 Å². The highest BCUT2D eigenvalue weighted by Gasteiger charge is 2.22. The molecule has 0 radical (unpaired) electrons. The summed E-state index contributed by atoms with van der Waals surface area (Å²) in [7, 11) is -2.19. The van der Waals surface area contributed by atoms with Gasteiger partial charge in [0, 0.05) is 24.8 Å². The molecule has 3 aromatic rings. The average molecular weight is 394 g/mol. The number of aryl methyl sites for hydroxylation is 1. The number of benzene rings is 3. The Morgan fingerprint density at radius 3 is 2.32 bits per heavy atom. The Kier molecular flexibility index (Phi) is 5.92. The van der Waals surface area contributed by atoms with E-state index in [1.807, 2.05) is 61.5 Å². The van der Waals surface area contributed by atoms with E-state index in [0.29, 0.717) is 5.69 Å². The van der Waals surface area contributed by atoms with Gasteiger partial charge < -0.3 is 5.32 Å². The van der Waals surface area contributed by atoms with Gasteiger partial charge in [0.15, 0.2) is 0 Å². The molecule has 0 aliphatic heterocycles. The van der Waals surface area contributed by atoms with Gasteiger partial charge in [-0.2, -0.15) is 4.31 Å². The molecule has 0 aliphatic rings. The first-order valence-electron chi connectivity index (χ1n) is 8.85. The van der Waals surface area contributed by atoms with Crippen molar-refractivity contribution in [3.05, 3.63) is 95.6 Å². The van der Waals surface area contributed by atoms with Crippen LogP contribution in [0.1, 0.15) is 21.5 Å². The van der Waals surface area contributed by atoms with Crippen LogP contribution in [0.15, 0.2) is 83.8 Å². The molecule has 0 unspecified atom stereocenters. The summed E-state index contributed by atoms with van der Waals surface area (Å²) in [5.74, 6) is -0.350. The molecule has 0 saturated heterocycles. The lowest BCUT2D eigenvalue weighted by molar-refractivity contribution is 0.102. The molecular formula is C22H22N2O3S. The Labute approximate surface area is 165 Å². The number of sulfonamides is 1. The smallest absolute Gasteiger partial charge is 0.255 e. The molecule has 0 spiro atoms. The van der Waals surface area contributed by atoms with Gasteiger partial charge in [-0.1, -0.05) is 54.6 Å². The summed E-state index contributed by atoms with van der Waals surface area (Å²) in [5, 5.41) is 2.83. The van der Waals surface area contributed by atoms with Crippen LogP contribution in [0.25, 0.3) is 0 Å². The van der Waals surface area contributed by atoms with E-state index in [1.54, 1.807) is 12.1 Å². The number of rotatable bonds is 6. The van der Waals surface area contributed by atoms with Crippen LogP contribution in [-0.4, -0.2) is 25.7 Å². The summed E-state index contributed by atoms with van der Waals surface area (Å²) in [6.45, 7) is 2.15. The van der Waals surface area contributed by atoms with E-state index >= 15 is 0 Å². The zero-order valence-corrected chi connectivity index (χ0v) is 16.6. The van der Waals surface area contributed by atoms with E-state index < -0.39 is 10.0 Å². The Bertz CT molecular complexity index is 1080. The van der Waals surface area contributed by atoms with Crippen molar-refractivity contribution in [2.45, 2.75) is 18.4 Å². The monoisotopic (exact) mass is 394 g/mol. The number of carbonyl (C=O) groups excluding carboxylic acids is 1. The molecule has 0 heterocycles. The van der Waals surface area contributed by atoms with Crippen molar-refractivity contribution in [2.24, 2.45) is 0 Å². The maximum Gasteiger partial charge on any atom is 0.255 e. The lowest BCUT2D eigenvalue weighted by Crippen LogP contribution is -2.26. The minimum Gasteiger partial charge on any atom is -0.322 e. The number of nitrogens with one attached hydrogen (secondary N) is 1. The molecule has 0 atom stereocenters. The number of nitrogens with zero attached hydrogens (tertiary/aromatic N) is 1. The predicted octanol–water partition coefficient (Wildman–Crippen LogP) is 4.07. The van der Waals surface area contributed by atoms with Crippen molar-refractivity contribution in [3.8, 4) is 0 Å². The first kappa shape index (κ1) is 19.8. The Hall–Kier alpha value is -2.96. The lowest BCUT2D eigenvalue weighted by atomic mass is 10.1. The van der Waals surface area contributed by atoms with Crippen molar-refractivity contribution in [2.75, 3.05) is 12.4 Å². The van der Waals surface area contributed by atoms with Crippen LogP contribution < -0.4 is 5.32 Å². The van der Waals surface area contributed by atoms with Crippen molar-refractivity contribution < 1.29 is 13.2 Å². The van der Waals surface area contributed by atoms with E-state index in [2.05, 4.69) is 5.32 Å². The number of carbonyl (C=O) groups is 1. The highest BCUT2D eigenvalue weighted by molar-refractivity contribution is 7.89. The molecule has 3 aromatic carbocycles. The van der Waals surface area contributed by atoms with Crippen LogP contribution in [0.4, 0.5) is 5.69 Å². The largest absolute Gasteiger partial charge is 0.322 e. The molecule has 0 fully saturated rings. The summed E-state index contributed by atoms with van der Waals surface area (Å²) in [6, 6.07) is 22.9. The van der Waals surface area contributed by atoms with Crippen molar-refractivity contribution in [3.63, 3.8) is 0 Å². The first-order valence-corrected chi connectivity index (χ1v) is 10.3. The number of amides is 1. The van der Waals surface area contributed by atoms with Gasteiger partial charge >= 0.3 is 0 Å². The summed E-state index contributed by atoms with van der Waals surface area (Å²) in [6.07, 6.45) is 0. The third kappa shape index (κ3) is 4.47. The highest BCUT2D eigenvalue weighted by atomic mass is 32.2. The summed E-state index contributed by atoms with van der Waals surface area (Å²) in [4.78, 5) is 12.7. The fourth-order valence-corrected chi connectivity index (χ4v) is 4.02.